The maximum Gasteiger partial charge on any atom is 0.225 e. The molecule has 1 aromatic rings. The van der Waals surface area contributed by atoms with Crippen molar-refractivity contribution in [3.63, 3.8) is 0 Å². The minimum Gasteiger partial charge on any atom is -0.340 e. The molecule has 0 bridgehead atoms. The summed E-state index contributed by atoms with van der Waals surface area (Å²) in [5.74, 6) is 1.15. The number of amides is 2. The molecular formula is C21H31N3O2. The topological polar surface area (TPSA) is 52.7 Å². The van der Waals surface area contributed by atoms with Gasteiger partial charge in [0.25, 0.3) is 0 Å². The zero-order chi connectivity index (χ0) is 18.2. The normalized spacial score (nSPS) is 18.8. The first kappa shape index (κ1) is 18.9. The molecule has 1 saturated carbocycles. The number of carbonyl (C=O) groups is 2. The van der Waals surface area contributed by atoms with Crippen molar-refractivity contribution in [2.75, 3.05) is 38.0 Å². The standard InChI is InChI=1S/C21H31N3O2/c25-20(22-19-8-2-1-3-9-19)12-13-23-14-16-24(17-15-23)21(26)11-10-18-6-4-5-7-18/h1-3,8-9,18H,4-7,10-17H2,(H,22,25). The van der Waals surface area contributed by atoms with Gasteiger partial charge < -0.3 is 10.2 Å². The minimum atomic E-state index is 0.0475. The highest BCUT2D eigenvalue weighted by Gasteiger charge is 2.23. The van der Waals surface area contributed by atoms with Crippen molar-refractivity contribution < 1.29 is 9.59 Å². The fourth-order valence-corrected chi connectivity index (χ4v) is 4.01. The number of nitrogens with zero attached hydrogens (tertiary/aromatic N) is 2. The molecule has 0 atom stereocenters. The molecule has 5 nitrogen and oxygen atoms in total. The SMILES string of the molecule is O=C(CCN1CCN(C(=O)CCC2CCCC2)CC1)Nc1ccccc1. The average Bonchev–Trinajstić information content (AvgIpc) is 3.19. The number of nitrogens with one attached hydrogen (secondary N) is 1. The smallest absolute Gasteiger partial charge is 0.225 e. The van der Waals surface area contributed by atoms with Crippen LogP contribution in [0.1, 0.15) is 44.9 Å². The third-order valence-corrected chi connectivity index (χ3v) is 5.68. The van der Waals surface area contributed by atoms with Gasteiger partial charge in [0.2, 0.25) is 11.8 Å². The van der Waals surface area contributed by atoms with Crippen LogP contribution in [0.15, 0.2) is 30.3 Å². The molecule has 3 rings (SSSR count). The van der Waals surface area contributed by atoms with Gasteiger partial charge in [-0.15, -0.1) is 0 Å². The van der Waals surface area contributed by atoms with E-state index in [0.717, 1.165) is 50.7 Å². The Morgan fingerprint density at radius 3 is 2.35 bits per heavy atom. The molecular weight excluding hydrogens is 326 g/mol. The Kier molecular flexibility index (Phi) is 7.06. The summed E-state index contributed by atoms with van der Waals surface area (Å²) in [5, 5.41) is 2.92. The first-order valence-corrected chi connectivity index (χ1v) is 10.1. The zero-order valence-electron chi connectivity index (χ0n) is 15.7. The Labute approximate surface area is 156 Å². The van der Waals surface area contributed by atoms with Crippen LogP contribution in [-0.4, -0.2) is 54.3 Å². The Morgan fingerprint density at radius 1 is 0.962 bits per heavy atom. The van der Waals surface area contributed by atoms with Crippen molar-refractivity contribution in [2.24, 2.45) is 5.92 Å². The molecule has 0 radical (unpaired) electrons. The lowest BCUT2D eigenvalue weighted by molar-refractivity contribution is -0.133. The largest absolute Gasteiger partial charge is 0.340 e. The van der Waals surface area contributed by atoms with E-state index in [2.05, 4.69) is 10.2 Å². The van der Waals surface area contributed by atoms with Crippen molar-refractivity contribution in [1.82, 2.24) is 9.80 Å². The second kappa shape index (κ2) is 9.72. The number of anilines is 1. The molecule has 26 heavy (non-hydrogen) atoms. The summed E-state index contributed by atoms with van der Waals surface area (Å²) >= 11 is 0. The fraction of sp³-hybridized carbons (Fsp3) is 0.619. The quantitative estimate of drug-likeness (QED) is 0.816. The van der Waals surface area contributed by atoms with Gasteiger partial charge in [-0.05, 0) is 24.5 Å². The number of hydrogen-bond donors (Lipinski definition) is 1. The van der Waals surface area contributed by atoms with Gasteiger partial charge in [-0.2, -0.15) is 0 Å². The molecule has 1 saturated heterocycles. The molecule has 5 heteroatoms. The number of carbonyl (C=O) groups excluding carboxylic acids is 2. The number of benzene rings is 1. The van der Waals surface area contributed by atoms with Crippen molar-refractivity contribution in [3.8, 4) is 0 Å². The van der Waals surface area contributed by atoms with Gasteiger partial charge >= 0.3 is 0 Å². The van der Waals surface area contributed by atoms with Crippen molar-refractivity contribution in [1.29, 1.82) is 0 Å². The summed E-state index contributed by atoms with van der Waals surface area (Å²) in [6, 6.07) is 9.56. The second-order valence-corrected chi connectivity index (χ2v) is 7.58. The monoisotopic (exact) mass is 357 g/mol. The van der Waals surface area contributed by atoms with Crippen LogP contribution >= 0.6 is 0 Å². The highest BCUT2D eigenvalue weighted by molar-refractivity contribution is 5.90. The Balaban J connectivity index is 1.30. The fourth-order valence-electron chi connectivity index (χ4n) is 4.01. The number of para-hydroxylation sites is 1. The van der Waals surface area contributed by atoms with Crippen LogP contribution in [0, 0.1) is 5.92 Å². The maximum absolute atomic E-state index is 12.4. The molecule has 0 unspecified atom stereocenters. The first-order valence-electron chi connectivity index (χ1n) is 10.1. The van der Waals surface area contributed by atoms with E-state index in [4.69, 9.17) is 0 Å². The summed E-state index contributed by atoms with van der Waals surface area (Å²) in [7, 11) is 0. The van der Waals surface area contributed by atoms with Gasteiger partial charge in [0.1, 0.15) is 0 Å². The maximum atomic E-state index is 12.4. The predicted octanol–water partition coefficient (Wildman–Crippen LogP) is 3.13. The lowest BCUT2D eigenvalue weighted by atomic mass is 10.0. The van der Waals surface area contributed by atoms with Crippen LogP contribution in [0.4, 0.5) is 5.69 Å². The van der Waals surface area contributed by atoms with Crippen LogP contribution in [0.5, 0.6) is 0 Å². The summed E-state index contributed by atoms with van der Waals surface area (Å²) in [5.41, 5.74) is 0.843. The van der Waals surface area contributed by atoms with Gasteiger partial charge in [0.15, 0.2) is 0 Å². The molecule has 2 aliphatic rings. The van der Waals surface area contributed by atoms with E-state index in [1.54, 1.807) is 0 Å². The highest BCUT2D eigenvalue weighted by Crippen LogP contribution is 2.28. The van der Waals surface area contributed by atoms with Crippen LogP contribution in [-0.2, 0) is 9.59 Å². The molecule has 2 amide bonds. The van der Waals surface area contributed by atoms with E-state index in [1.807, 2.05) is 35.2 Å². The Hall–Kier alpha value is -1.88. The molecule has 0 aromatic heterocycles. The van der Waals surface area contributed by atoms with Crippen LogP contribution < -0.4 is 5.32 Å². The van der Waals surface area contributed by atoms with Gasteiger partial charge in [0.05, 0.1) is 0 Å². The second-order valence-electron chi connectivity index (χ2n) is 7.58. The molecule has 1 aromatic carbocycles. The van der Waals surface area contributed by atoms with Gasteiger partial charge in [-0.25, -0.2) is 0 Å². The molecule has 1 aliphatic carbocycles. The van der Waals surface area contributed by atoms with Gasteiger partial charge in [-0.3, -0.25) is 14.5 Å². The van der Waals surface area contributed by atoms with E-state index in [9.17, 15) is 9.59 Å². The van der Waals surface area contributed by atoms with Gasteiger partial charge in [-0.1, -0.05) is 43.9 Å². The number of rotatable bonds is 7. The summed E-state index contributed by atoms with van der Waals surface area (Å²) in [4.78, 5) is 28.7. The van der Waals surface area contributed by atoms with E-state index in [1.165, 1.54) is 25.7 Å². The summed E-state index contributed by atoms with van der Waals surface area (Å²) < 4.78 is 0. The first-order chi connectivity index (χ1) is 12.7. The molecule has 1 N–H and O–H groups in total. The van der Waals surface area contributed by atoms with E-state index in [0.29, 0.717) is 18.7 Å². The van der Waals surface area contributed by atoms with Crippen LogP contribution in [0.3, 0.4) is 0 Å². The van der Waals surface area contributed by atoms with E-state index >= 15 is 0 Å². The van der Waals surface area contributed by atoms with Crippen molar-refractivity contribution >= 4 is 17.5 Å². The summed E-state index contributed by atoms with van der Waals surface area (Å²) in [6.07, 6.45) is 7.58. The lowest BCUT2D eigenvalue weighted by Crippen LogP contribution is -2.49. The Bertz CT molecular complexity index is 576. The molecule has 1 heterocycles. The Morgan fingerprint density at radius 2 is 1.65 bits per heavy atom. The van der Waals surface area contributed by atoms with Crippen LogP contribution in [0.2, 0.25) is 0 Å². The number of piperazine rings is 1. The van der Waals surface area contributed by atoms with Crippen LogP contribution in [0.25, 0.3) is 0 Å². The third-order valence-electron chi connectivity index (χ3n) is 5.68. The van der Waals surface area contributed by atoms with Crippen molar-refractivity contribution in [3.05, 3.63) is 30.3 Å². The predicted molar refractivity (Wildman–Crippen MR) is 104 cm³/mol. The highest BCUT2D eigenvalue weighted by atomic mass is 16.2. The molecule has 0 spiro atoms. The average molecular weight is 357 g/mol. The minimum absolute atomic E-state index is 0.0475. The third kappa shape index (κ3) is 5.84. The van der Waals surface area contributed by atoms with E-state index in [-0.39, 0.29) is 5.91 Å². The van der Waals surface area contributed by atoms with E-state index < -0.39 is 0 Å². The lowest BCUT2D eigenvalue weighted by Gasteiger charge is -2.34. The van der Waals surface area contributed by atoms with Crippen molar-refractivity contribution in [2.45, 2.75) is 44.9 Å². The molecule has 1 aliphatic heterocycles. The summed E-state index contributed by atoms with van der Waals surface area (Å²) in [6.45, 7) is 4.08. The molecule has 2 fully saturated rings. The zero-order valence-corrected chi connectivity index (χ0v) is 15.7. The van der Waals surface area contributed by atoms with Gasteiger partial charge in [0, 0.05) is 51.3 Å². The number of hydrogen-bond acceptors (Lipinski definition) is 3. The molecule has 142 valence electrons.